The Morgan fingerprint density at radius 1 is 0.645 bits per heavy atom. The van der Waals surface area contributed by atoms with Crippen LogP contribution in [0.4, 0.5) is 0 Å². The molecular weight excluding hydrogens is 380 g/mol. The minimum absolute atomic E-state index is 0.238. The van der Waals surface area contributed by atoms with E-state index in [1.54, 1.807) is 0 Å². The van der Waals surface area contributed by atoms with Crippen LogP contribution in [0.5, 0.6) is 0 Å². The van der Waals surface area contributed by atoms with Crippen molar-refractivity contribution in [1.29, 1.82) is 0 Å². The van der Waals surface area contributed by atoms with Gasteiger partial charge in [0.15, 0.2) is 0 Å². The molecule has 4 aromatic carbocycles. The van der Waals surface area contributed by atoms with E-state index in [2.05, 4.69) is 60.7 Å². The summed E-state index contributed by atoms with van der Waals surface area (Å²) in [5, 5.41) is 0. The Bertz CT molecular complexity index is 1100. The number of ether oxygens (including phenoxy) is 1. The number of esters is 1. The molecular formula is C29H26O2. The number of carbonyl (C=O) groups excluding carboxylic acids is 1. The van der Waals surface area contributed by atoms with Crippen LogP contribution < -0.4 is 0 Å². The van der Waals surface area contributed by atoms with E-state index < -0.39 is 11.3 Å². The van der Waals surface area contributed by atoms with Gasteiger partial charge in [0.05, 0.1) is 18.4 Å². The Hall–Kier alpha value is -3.65. The van der Waals surface area contributed by atoms with Gasteiger partial charge in [-0.3, -0.25) is 4.79 Å². The number of benzene rings is 4. The molecule has 0 N–H and O–H groups in total. The maximum atomic E-state index is 13.0. The third-order valence-electron chi connectivity index (χ3n) is 6.09. The molecule has 1 atom stereocenters. The average molecular weight is 407 g/mol. The summed E-state index contributed by atoms with van der Waals surface area (Å²) >= 11 is 0. The summed E-state index contributed by atoms with van der Waals surface area (Å²) in [7, 11) is 1.46. The zero-order valence-corrected chi connectivity index (χ0v) is 17.9. The van der Waals surface area contributed by atoms with Gasteiger partial charge in [-0.1, -0.05) is 116 Å². The van der Waals surface area contributed by atoms with Gasteiger partial charge in [-0.25, -0.2) is 0 Å². The molecule has 4 aromatic rings. The van der Waals surface area contributed by atoms with Crippen molar-refractivity contribution in [2.24, 2.45) is 5.92 Å². The number of methoxy groups -OCH3 is 1. The molecule has 0 aliphatic carbocycles. The van der Waals surface area contributed by atoms with Gasteiger partial charge >= 0.3 is 5.97 Å². The summed E-state index contributed by atoms with van der Waals surface area (Å²) in [6.45, 7) is 1.96. The lowest BCUT2D eigenvalue weighted by atomic mass is 9.62. The second kappa shape index (κ2) is 9.01. The summed E-state index contributed by atoms with van der Waals surface area (Å²) in [6, 6.07) is 39.3. The molecule has 1 unspecified atom stereocenters. The third kappa shape index (κ3) is 3.77. The molecule has 0 aliphatic rings. The van der Waals surface area contributed by atoms with Crippen LogP contribution in [0.25, 0.3) is 11.1 Å². The summed E-state index contributed by atoms with van der Waals surface area (Å²) in [5.74, 6) is -0.675. The highest BCUT2D eigenvalue weighted by molar-refractivity contribution is 5.78. The Kier molecular flexibility index (Phi) is 5.99. The summed E-state index contributed by atoms with van der Waals surface area (Å²) < 4.78 is 5.26. The van der Waals surface area contributed by atoms with E-state index in [0.717, 1.165) is 27.8 Å². The van der Waals surface area contributed by atoms with Crippen LogP contribution in [0.15, 0.2) is 115 Å². The minimum atomic E-state index is -0.694. The third-order valence-corrected chi connectivity index (χ3v) is 6.09. The second-order valence-electron chi connectivity index (χ2n) is 7.73. The van der Waals surface area contributed by atoms with Crippen molar-refractivity contribution < 1.29 is 9.53 Å². The molecule has 2 nitrogen and oxygen atoms in total. The maximum absolute atomic E-state index is 13.0. The molecule has 0 bridgehead atoms. The first kappa shape index (κ1) is 20.6. The van der Waals surface area contributed by atoms with Crippen molar-refractivity contribution in [3.8, 4) is 11.1 Å². The number of hydrogen-bond acceptors (Lipinski definition) is 2. The zero-order valence-electron chi connectivity index (χ0n) is 17.9. The van der Waals surface area contributed by atoms with Gasteiger partial charge in [-0.2, -0.15) is 0 Å². The molecule has 0 aliphatic heterocycles. The highest BCUT2D eigenvalue weighted by atomic mass is 16.5. The Morgan fingerprint density at radius 2 is 1.10 bits per heavy atom. The number of rotatable bonds is 6. The molecule has 0 amide bonds. The first-order valence-electron chi connectivity index (χ1n) is 10.5. The molecule has 0 fully saturated rings. The van der Waals surface area contributed by atoms with Crippen molar-refractivity contribution in [3.05, 3.63) is 132 Å². The quantitative estimate of drug-likeness (QED) is 0.270. The van der Waals surface area contributed by atoms with E-state index in [4.69, 9.17) is 4.74 Å². The van der Waals surface area contributed by atoms with Gasteiger partial charge in [-0.15, -0.1) is 0 Å². The fourth-order valence-corrected chi connectivity index (χ4v) is 4.58. The lowest BCUT2D eigenvalue weighted by Crippen LogP contribution is -2.41. The van der Waals surface area contributed by atoms with Gasteiger partial charge in [0.1, 0.15) is 0 Å². The molecule has 0 saturated carbocycles. The van der Waals surface area contributed by atoms with Crippen LogP contribution in [-0.2, 0) is 14.9 Å². The number of carbonyl (C=O) groups is 1. The molecule has 0 heterocycles. The average Bonchev–Trinajstić information content (AvgIpc) is 2.86. The maximum Gasteiger partial charge on any atom is 0.309 e. The summed E-state index contributed by atoms with van der Waals surface area (Å²) in [6.07, 6.45) is 0. The lowest BCUT2D eigenvalue weighted by Gasteiger charge is -2.40. The first-order chi connectivity index (χ1) is 15.2. The van der Waals surface area contributed by atoms with Crippen molar-refractivity contribution in [3.63, 3.8) is 0 Å². The van der Waals surface area contributed by atoms with Crippen molar-refractivity contribution in [2.45, 2.75) is 12.3 Å². The smallest absolute Gasteiger partial charge is 0.309 e. The summed E-state index contributed by atoms with van der Waals surface area (Å²) in [5.41, 5.74) is 4.75. The molecule has 2 heteroatoms. The molecule has 154 valence electrons. The van der Waals surface area contributed by atoms with Crippen LogP contribution in [0.1, 0.15) is 23.6 Å². The largest absolute Gasteiger partial charge is 0.469 e. The topological polar surface area (TPSA) is 26.3 Å². The Balaban J connectivity index is 2.04. The van der Waals surface area contributed by atoms with Gasteiger partial charge in [0.2, 0.25) is 0 Å². The van der Waals surface area contributed by atoms with Crippen LogP contribution in [-0.4, -0.2) is 13.1 Å². The van der Waals surface area contributed by atoms with Crippen LogP contribution >= 0.6 is 0 Å². The molecule has 31 heavy (non-hydrogen) atoms. The Labute approximate surface area is 184 Å². The SMILES string of the molecule is COC(=O)C(C)C(c1ccccc1)(c1ccccc1)c1cccc(-c2ccccc2)c1. The zero-order chi connectivity index (χ0) is 21.7. The van der Waals surface area contributed by atoms with Gasteiger partial charge in [0.25, 0.3) is 0 Å². The van der Waals surface area contributed by atoms with Crippen LogP contribution in [0.3, 0.4) is 0 Å². The van der Waals surface area contributed by atoms with E-state index in [1.807, 2.05) is 61.5 Å². The first-order valence-corrected chi connectivity index (χ1v) is 10.5. The fourth-order valence-electron chi connectivity index (χ4n) is 4.58. The molecule has 0 aromatic heterocycles. The van der Waals surface area contributed by atoms with Gasteiger partial charge < -0.3 is 4.74 Å². The van der Waals surface area contributed by atoms with Crippen LogP contribution in [0, 0.1) is 5.92 Å². The van der Waals surface area contributed by atoms with E-state index >= 15 is 0 Å². The van der Waals surface area contributed by atoms with Crippen molar-refractivity contribution in [2.75, 3.05) is 7.11 Å². The highest BCUT2D eigenvalue weighted by Crippen LogP contribution is 2.46. The van der Waals surface area contributed by atoms with Crippen molar-refractivity contribution in [1.82, 2.24) is 0 Å². The standard InChI is InChI=1S/C29H26O2/c1-22(28(30)31-2)29(25-16-8-4-9-17-25,26-18-10-5-11-19-26)27-20-12-15-24(21-27)23-13-6-3-7-14-23/h3-22H,1-2H3. The molecule has 0 radical (unpaired) electrons. The normalized spacial score (nSPS) is 12.2. The molecule has 0 saturated heterocycles. The van der Waals surface area contributed by atoms with E-state index in [0.29, 0.717) is 0 Å². The van der Waals surface area contributed by atoms with Crippen molar-refractivity contribution >= 4 is 5.97 Å². The predicted molar refractivity (Wildman–Crippen MR) is 126 cm³/mol. The molecule has 0 spiro atoms. The van der Waals surface area contributed by atoms with E-state index in [1.165, 1.54) is 7.11 Å². The van der Waals surface area contributed by atoms with Gasteiger partial charge in [0, 0.05) is 0 Å². The minimum Gasteiger partial charge on any atom is -0.469 e. The Morgan fingerprint density at radius 3 is 1.61 bits per heavy atom. The summed E-state index contributed by atoms with van der Waals surface area (Å²) in [4.78, 5) is 13.0. The highest BCUT2D eigenvalue weighted by Gasteiger charge is 2.45. The number of hydrogen-bond donors (Lipinski definition) is 0. The molecule has 4 rings (SSSR count). The van der Waals surface area contributed by atoms with Crippen LogP contribution in [0.2, 0.25) is 0 Å². The van der Waals surface area contributed by atoms with E-state index in [-0.39, 0.29) is 5.97 Å². The van der Waals surface area contributed by atoms with Gasteiger partial charge in [-0.05, 0) is 33.9 Å². The fraction of sp³-hybridized carbons (Fsp3) is 0.138. The predicted octanol–water partition coefficient (Wildman–Crippen LogP) is 6.50. The lowest BCUT2D eigenvalue weighted by molar-refractivity contribution is -0.146. The second-order valence-corrected chi connectivity index (χ2v) is 7.73. The van der Waals surface area contributed by atoms with E-state index in [9.17, 15) is 4.79 Å². The monoisotopic (exact) mass is 406 g/mol.